The lowest BCUT2D eigenvalue weighted by atomic mass is 10.1. The zero-order valence-corrected chi connectivity index (χ0v) is 9.91. The van der Waals surface area contributed by atoms with Crippen LogP contribution in [0.1, 0.15) is 6.92 Å². The third-order valence-corrected chi connectivity index (χ3v) is 2.61. The lowest BCUT2D eigenvalue weighted by Crippen LogP contribution is -1.94. The molecular weight excluding hydrogens is 226 g/mol. The largest absolute Gasteiger partial charge is 0.497 e. The minimum atomic E-state index is 0.473. The summed E-state index contributed by atoms with van der Waals surface area (Å²) < 4.78 is 10.7. The molecule has 84 valence electrons. The topological polar surface area (TPSA) is 31.4 Å². The molecule has 4 heteroatoms. The van der Waals surface area contributed by atoms with E-state index in [9.17, 15) is 0 Å². The molecular formula is C12H12ClNO2. The number of hydrogen-bond acceptors (Lipinski definition) is 3. The van der Waals surface area contributed by atoms with E-state index in [1.807, 2.05) is 25.1 Å². The molecule has 2 rings (SSSR count). The first-order valence-electron chi connectivity index (χ1n) is 5.01. The van der Waals surface area contributed by atoms with Gasteiger partial charge in [0, 0.05) is 10.8 Å². The molecule has 1 aromatic heterocycles. The van der Waals surface area contributed by atoms with Crippen LogP contribution in [-0.2, 0) is 0 Å². The quantitative estimate of drug-likeness (QED) is 0.768. The van der Waals surface area contributed by atoms with Gasteiger partial charge in [-0.05, 0) is 25.1 Å². The summed E-state index contributed by atoms with van der Waals surface area (Å²) in [6.45, 7) is 2.52. The molecule has 0 saturated carbocycles. The fourth-order valence-electron chi connectivity index (χ4n) is 1.56. The molecule has 0 N–H and O–H groups in total. The Hall–Kier alpha value is -1.48. The van der Waals surface area contributed by atoms with Gasteiger partial charge >= 0.3 is 0 Å². The molecule has 0 amide bonds. The number of halogens is 1. The summed E-state index contributed by atoms with van der Waals surface area (Å²) in [6.07, 6.45) is 1.63. The molecule has 0 aliphatic carbocycles. The van der Waals surface area contributed by atoms with E-state index >= 15 is 0 Å². The van der Waals surface area contributed by atoms with Gasteiger partial charge in [-0.2, -0.15) is 0 Å². The SMILES string of the molecule is CCOc1cnc(Cl)c2ccc(OC)cc12. The van der Waals surface area contributed by atoms with Crippen molar-refractivity contribution in [2.45, 2.75) is 6.92 Å². The average molecular weight is 238 g/mol. The zero-order valence-electron chi connectivity index (χ0n) is 9.16. The van der Waals surface area contributed by atoms with Crippen LogP contribution in [0.4, 0.5) is 0 Å². The van der Waals surface area contributed by atoms with Crippen LogP contribution in [0.15, 0.2) is 24.4 Å². The molecule has 0 bridgehead atoms. The number of ether oxygens (including phenoxy) is 2. The van der Waals surface area contributed by atoms with Crippen molar-refractivity contribution in [2.24, 2.45) is 0 Å². The Balaban J connectivity index is 2.67. The summed E-state index contributed by atoms with van der Waals surface area (Å²) in [7, 11) is 1.63. The van der Waals surface area contributed by atoms with Crippen LogP contribution in [0.2, 0.25) is 5.15 Å². The summed E-state index contributed by atoms with van der Waals surface area (Å²) >= 11 is 6.02. The number of benzene rings is 1. The fraction of sp³-hybridized carbons (Fsp3) is 0.250. The van der Waals surface area contributed by atoms with E-state index < -0.39 is 0 Å². The molecule has 0 unspecified atom stereocenters. The van der Waals surface area contributed by atoms with Crippen molar-refractivity contribution in [3.05, 3.63) is 29.5 Å². The normalized spacial score (nSPS) is 10.4. The summed E-state index contributed by atoms with van der Waals surface area (Å²) in [5.41, 5.74) is 0. The molecule has 0 spiro atoms. The molecule has 0 radical (unpaired) electrons. The van der Waals surface area contributed by atoms with Gasteiger partial charge in [-0.25, -0.2) is 4.98 Å². The minimum absolute atomic E-state index is 0.473. The van der Waals surface area contributed by atoms with Crippen LogP contribution in [0.25, 0.3) is 10.8 Å². The first-order chi connectivity index (χ1) is 7.76. The third-order valence-electron chi connectivity index (χ3n) is 2.31. The van der Waals surface area contributed by atoms with E-state index in [1.165, 1.54) is 0 Å². The predicted molar refractivity (Wildman–Crippen MR) is 64.5 cm³/mol. The molecule has 0 atom stereocenters. The van der Waals surface area contributed by atoms with E-state index in [0.717, 1.165) is 22.3 Å². The Morgan fingerprint density at radius 3 is 2.81 bits per heavy atom. The lowest BCUT2D eigenvalue weighted by molar-refractivity contribution is 0.343. The molecule has 16 heavy (non-hydrogen) atoms. The van der Waals surface area contributed by atoms with Crippen LogP contribution in [0, 0.1) is 0 Å². The number of aromatic nitrogens is 1. The Bertz CT molecular complexity index is 514. The highest BCUT2D eigenvalue weighted by molar-refractivity contribution is 6.34. The van der Waals surface area contributed by atoms with Gasteiger partial charge in [0.15, 0.2) is 0 Å². The van der Waals surface area contributed by atoms with E-state index in [1.54, 1.807) is 13.3 Å². The van der Waals surface area contributed by atoms with Crippen molar-refractivity contribution in [2.75, 3.05) is 13.7 Å². The second kappa shape index (κ2) is 4.58. The second-order valence-corrected chi connectivity index (χ2v) is 3.62. The van der Waals surface area contributed by atoms with Crippen LogP contribution in [0.5, 0.6) is 11.5 Å². The third kappa shape index (κ3) is 1.91. The van der Waals surface area contributed by atoms with Crippen molar-refractivity contribution in [3.63, 3.8) is 0 Å². The predicted octanol–water partition coefficient (Wildman–Crippen LogP) is 3.30. The molecule has 0 saturated heterocycles. The number of pyridine rings is 1. The number of methoxy groups -OCH3 is 1. The van der Waals surface area contributed by atoms with Crippen molar-refractivity contribution in [1.29, 1.82) is 0 Å². The fourth-order valence-corrected chi connectivity index (χ4v) is 1.77. The number of fused-ring (bicyclic) bond motifs is 1. The zero-order chi connectivity index (χ0) is 11.5. The van der Waals surface area contributed by atoms with Crippen LogP contribution in [-0.4, -0.2) is 18.7 Å². The molecule has 3 nitrogen and oxygen atoms in total. The molecule has 0 aliphatic heterocycles. The number of hydrogen-bond donors (Lipinski definition) is 0. The van der Waals surface area contributed by atoms with Crippen molar-refractivity contribution < 1.29 is 9.47 Å². The first kappa shape index (κ1) is 11.0. The van der Waals surface area contributed by atoms with Gasteiger partial charge in [0.2, 0.25) is 0 Å². The van der Waals surface area contributed by atoms with Crippen LogP contribution < -0.4 is 9.47 Å². The van der Waals surface area contributed by atoms with Gasteiger partial charge in [0.25, 0.3) is 0 Å². The Morgan fingerprint density at radius 1 is 1.31 bits per heavy atom. The molecule has 2 aromatic rings. The molecule has 0 fully saturated rings. The average Bonchev–Trinajstić information content (AvgIpc) is 2.32. The maximum absolute atomic E-state index is 6.02. The number of rotatable bonds is 3. The first-order valence-corrected chi connectivity index (χ1v) is 5.39. The highest BCUT2D eigenvalue weighted by Gasteiger charge is 2.07. The van der Waals surface area contributed by atoms with Crippen molar-refractivity contribution in [3.8, 4) is 11.5 Å². The molecule has 0 aliphatic rings. The summed E-state index contributed by atoms with van der Waals surface area (Å²) in [4.78, 5) is 4.08. The standard InChI is InChI=1S/C12H12ClNO2/c1-3-16-11-7-14-12(13)9-5-4-8(15-2)6-10(9)11/h4-7H,3H2,1-2H3. The summed E-state index contributed by atoms with van der Waals surface area (Å²) in [5.74, 6) is 1.50. The summed E-state index contributed by atoms with van der Waals surface area (Å²) in [6, 6.07) is 5.63. The second-order valence-electron chi connectivity index (χ2n) is 3.26. The Labute approximate surface area is 99.0 Å². The molecule has 1 aromatic carbocycles. The molecule has 1 heterocycles. The summed E-state index contributed by atoms with van der Waals surface area (Å²) in [5, 5.41) is 2.26. The highest BCUT2D eigenvalue weighted by atomic mass is 35.5. The van der Waals surface area contributed by atoms with E-state index in [2.05, 4.69) is 4.98 Å². The Morgan fingerprint density at radius 2 is 2.12 bits per heavy atom. The monoisotopic (exact) mass is 237 g/mol. The number of nitrogens with zero attached hydrogens (tertiary/aromatic N) is 1. The minimum Gasteiger partial charge on any atom is -0.497 e. The lowest BCUT2D eigenvalue weighted by Gasteiger charge is -2.09. The van der Waals surface area contributed by atoms with Gasteiger partial charge in [0.1, 0.15) is 16.7 Å². The van der Waals surface area contributed by atoms with Crippen molar-refractivity contribution >= 4 is 22.4 Å². The Kier molecular flexibility index (Phi) is 3.15. The van der Waals surface area contributed by atoms with E-state index in [0.29, 0.717) is 11.8 Å². The maximum atomic E-state index is 6.02. The van der Waals surface area contributed by atoms with Gasteiger partial charge in [0.05, 0.1) is 19.9 Å². The van der Waals surface area contributed by atoms with Crippen LogP contribution >= 0.6 is 11.6 Å². The van der Waals surface area contributed by atoms with E-state index in [4.69, 9.17) is 21.1 Å². The van der Waals surface area contributed by atoms with Gasteiger partial charge in [-0.3, -0.25) is 0 Å². The van der Waals surface area contributed by atoms with E-state index in [-0.39, 0.29) is 0 Å². The van der Waals surface area contributed by atoms with Crippen LogP contribution in [0.3, 0.4) is 0 Å². The van der Waals surface area contributed by atoms with Gasteiger partial charge in [-0.1, -0.05) is 11.6 Å². The van der Waals surface area contributed by atoms with Gasteiger partial charge < -0.3 is 9.47 Å². The highest BCUT2D eigenvalue weighted by Crippen LogP contribution is 2.32. The maximum Gasteiger partial charge on any atom is 0.145 e. The smallest absolute Gasteiger partial charge is 0.145 e. The van der Waals surface area contributed by atoms with Gasteiger partial charge in [-0.15, -0.1) is 0 Å². The van der Waals surface area contributed by atoms with Crippen molar-refractivity contribution in [1.82, 2.24) is 4.98 Å².